The molecule has 1 saturated carbocycles. The molecular formula is C15H27NO2. The van der Waals surface area contributed by atoms with Crippen LogP contribution < -0.4 is 5.32 Å². The zero-order chi connectivity index (χ0) is 13.2. The van der Waals surface area contributed by atoms with Gasteiger partial charge < -0.3 is 10.4 Å². The summed E-state index contributed by atoms with van der Waals surface area (Å²) in [5, 5.41) is 12.4. The molecule has 0 aromatic heterocycles. The van der Waals surface area contributed by atoms with E-state index >= 15 is 0 Å². The van der Waals surface area contributed by atoms with Crippen molar-refractivity contribution in [3.63, 3.8) is 0 Å². The molecule has 0 saturated heterocycles. The van der Waals surface area contributed by atoms with Crippen molar-refractivity contribution in [3.05, 3.63) is 12.7 Å². The van der Waals surface area contributed by atoms with Crippen molar-refractivity contribution in [2.45, 2.75) is 51.4 Å². The van der Waals surface area contributed by atoms with Crippen LogP contribution in [0.25, 0.3) is 0 Å². The van der Waals surface area contributed by atoms with Gasteiger partial charge in [0, 0.05) is 0 Å². The summed E-state index contributed by atoms with van der Waals surface area (Å²) in [4.78, 5) is 10.8. The summed E-state index contributed by atoms with van der Waals surface area (Å²) >= 11 is 0. The molecule has 1 fully saturated rings. The van der Waals surface area contributed by atoms with Crippen molar-refractivity contribution >= 4 is 5.97 Å². The second-order valence-corrected chi connectivity index (χ2v) is 5.40. The lowest BCUT2D eigenvalue weighted by atomic mass is 9.82. The van der Waals surface area contributed by atoms with Gasteiger partial charge in [-0.1, -0.05) is 12.5 Å². The van der Waals surface area contributed by atoms with Crippen LogP contribution in [-0.2, 0) is 4.79 Å². The smallest absolute Gasteiger partial charge is 0.306 e. The first-order chi connectivity index (χ1) is 8.74. The second kappa shape index (κ2) is 9.15. The van der Waals surface area contributed by atoms with Crippen molar-refractivity contribution < 1.29 is 9.90 Å². The zero-order valence-electron chi connectivity index (χ0n) is 11.4. The molecule has 18 heavy (non-hydrogen) atoms. The van der Waals surface area contributed by atoms with Crippen LogP contribution in [0.3, 0.4) is 0 Å². The van der Waals surface area contributed by atoms with Gasteiger partial charge in [0.05, 0.1) is 5.92 Å². The third-order valence-electron chi connectivity index (χ3n) is 3.89. The van der Waals surface area contributed by atoms with Gasteiger partial charge in [0.25, 0.3) is 0 Å². The lowest BCUT2D eigenvalue weighted by Crippen LogP contribution is -2.29. The van der Waals surface area contributed by atoms with Crippen LogP contribution in [0, 0.1) is 11.8 Å². The van der Waals surface area contributed by atoms with E-state index in [1.165, 1.54) is 19.3 Å². The van der Waals surface area contributed by atoms with Crippen LogP contribution in [0.15, 0.2) is 12.7 Å². The Kier molecular flexibility index (Phi) is 7.74. The largest absolute Gasteiger partial charge is 0.481 e. The first kappa shape index (κ1) is 15.2. The summed E-state index contributed by atoms with van der Waals surface area (Å²) in [7, 11) is 0. The minimum Gasteiger partial charge on any atom is -0.481 e. The Morgan fingerprint density at radius 2 is 1.94 bits per heavy atom. The Morgan fingerprint density at radius 3 is 2.56 bits per heavy atom. The van der Waals surface area contributed by atoms with E-state index in [2.05, 4.69) is 11.9 Å². The monoisotopic (exact) mass is 253 g/mol. The molecule has 3 nitrogen and oxygen atoms in total. The fraction of sp³-hybridized carbons (Fsp3) is 0.800. The van der Waals surface area contributed by atoms with Gasteiger partial charge in [-0.2, -0.15) is 0 Å². The second-order valence-electron chi connectivity index (χ2n) is 5.40. The molecule has 0 unspecified atom stereocenters. The Balaban J connectivity index is 1.94. The summed E-state index contributed by atoms with van der Waals surface area (Å²) in [5.74, 6) is -0.00226. The number of unbranched alkanes of at least 4 members (excludes halogenated alkanes) is 3. The number of hydrogen-bond acceptors (Lipinski definition) is 2. The lowest BCUT2D eigenvalue weighted by molar-refractivity contribution is -0.143. The van der Waals surface area contributed by atoms with Crippen LogP contribution in [0.2, 0.25) is 0 Å². The molecule has 0 bridgehead atoms. The van der Waals surface area contributed by atoms with Gasteiger partial charge >= 0.3 is 5.97 Å². The van der Waals surface area contributed by atoms with Crippen LogP contribution in [-0.4, -0.2) is 24.2 Å². The maximum absolute atomic E-state index is 10.8. The summed E-state index contributed by atoms with van der Waals surface area (Å²) < 4.78 is 0. The third kappa shape index (κ3) is 6.20. The van der Waals surface area contributed by atoms with Crippen LogP contribution in [0.1, 0.15) is 51.4 Å². The highest BCUT2D eigenvalue weighted by atomic mass is 16.4. The van der Waals surface area contributed by atoms with E-state index < -0.39 is 5.97 Å². The quantitative estimate of drug-likeness (QED) is 0.490. The number of carboxylic acid groups (broad SMARTS) is 1. The molecule has 3 heteroatoms. The standard InChI is InChI=1S/C15H27NO2/c1-2-3-4-5-6-11-16-12-13-7-9-14(10-8-13)15(17)18/h2,13-14,16H,1,3-12H2,(H,17,18). The van der Waals surface area contributed by atoms with E-state index in [0.717, 1.165) is 45.2 Å². The highest BCUT2D eigenvalue weighted by molar-refractivity contribution is 5.69. The van der Waals surface area contributed by atoms with E-state index in [1.807, 2.05) is 6.08 Å². The molecular weight excluding hydrogens is 226 g/mol. The SMILES string of the molecule is C=CCCCCCNCC1CCC(C(=O)O)CC1. The Labute approximate surface area is 111 Å². The van der Waals surface area contributed by atoms with Crippen LogP contribution >= 0.6 is 0 Å². The molecule has 1 aliphatic rings. The average molecular weight is 253 g/mol. The average Bonchev–Trinajstić information content (AvgIpc) is 2.38. The summed E-state index contributed by atoms with van der Waals surface area (Å²) in [6.45, 7) is 5.87. The van der Waals surface area contributed by atoms with Gasteiger partial charge in [0.2, 0.25) is 0 Å². The molecule has 104 valence electrons. The number of rotatable bonds is 9. The predicted octanol–water partition coefficient (Wildman–Crippen LogP) is 3.21. The Morgan fingerprint density at radius 1 is 1.22 bits per heavy atom. The van der Waals surface area contributed by atoms with E-state index in [9.17, 15) is 4.79 Å². The van der Waals surface area contributed by atoms with Gasteiger partial charge in [-0.25, -0.2) is 0 Å². The molecule has 1 aliphatic carbocycles. The lowest BCUT2D eigenvalue weighted by Gasteiger charge is -2.26. The molecule has 0 amide bonds. The van der Waals surface area contributed by atoms with Gasteiger partial charge in [-0.3, -0.25) is 4.79 Å². The maximum atomic E-state index is 10.8. The van der Waals surface area contributed by atoms with E-state index in [1.54, 1.807) is 0 Å². The molecule has 0 aromatic carbocycles. The molecule has 1 rings (SSSR count). The molecule has 0 aliphatic heterocycles. The van der Waals surface area contributed by atoms with Crippen molar-refractivity contribution in [2.75, 3.05) is 13.1 Å². The van der Waals surface area contributed by atoms with Gasteiger partial charge in [-0.05, 0) is 64.0 Å². The van der Waals surface area contributed by atoms with Crippen molar-refractivity contribution in [2.24, 2.45) is 11.8 Å². The fourth-order valence-electron chi connectivity index (χ4n) is 2.64. The molecule has 0 aromatic rings. The number of hydrogen-bond donors (Lipinski definition) is 2. The highest BCUT2D eigenvalue weighted by Gasteiger charge is 2.25. The topological polar surface area (TPSA) is 49.3 Å². The zero-order valence-corrected chi connectivity index (χ0v) is 11.4. The highest BCUT2D eigenvalue weighted by Crippen LogP contribution is 2.28. The van der Waals surface area contributed by atoms with E-state index in [-0.39, 0.29) is 5.92 Å². The van der Waals surface area contributed by atoms with Crippen molar-refractivity contribution in [1.82, 2.24) is 5.32 Å². The minimum atomic E-state index is -0.608. The summed E-state index contributed by atoms with van der Waals surface area (Å²) in [6, 6.07) is 0. The third-order valence-corrected chi connectivity index (χ3v) is 3.89. The number of nitrogens with one attached hydrogen (secondary N) is 1. The Bertz CT molecular complexity index is 245. The first-order valence-electron chi connectivity index (χ1n) is 7.28. The van der Waals surface area contributed by atoms with Gasteiger partial charge in [0.1, 0.15) is 0 Å². The molecule has 0 heterocycles. The van der Waals surface area contributed by atoms with Crippen molar-refractivity contribution in [1.29, 1.82) is 0 Å². The normalized spacial score (nSPS) is 23.8. The Hall–Kier alpha value is -0.830. The molecule has 2 N–H and O–H groups in total. The van der Waals surface area contributed by atoms with E-state index in [4.69, 9.17) is 5.11 Å². The molecule has 0 spiro atoms. The molecule has 0 atom stereocenters. The minimum absolute atomic E-state index is 0.0832. The van der Waals surface area contributed by atoms with E-state index in [0.29, 0.717) is 5.92 Å². The van der Waals surface area contributed by atoms with Gasteiger partial charge in [-0.15, -0.1) is 6.58 Å². The first-order valence-corrected chi connectivity index (χ1v) is 7.28. The number of aliphatic carboxylic acids is 1. The maximum Gasteiger partial charge on any atom is 0.306 e. The van der Waals surface area contributed by atoms with Gasteiger partial charge in [0.15, 0.2) is 0 Å². The number of carbonyl (C=O) groups is 1. The summed E-state index contributed by atoms with van der Waals surface area (Å²) in [5.41, 5.74) is 0. The van der Waals surface area contributed by atoms with Crippen molar-refractivity contribution in [3.8, 4) is 0 Å². The van der Waals surface area contributed by atoms with Crippen LogP contribution in [0.4, 0.5) is 0 Å². The van der Waals surface area contributed by atoms with Crippen LogP contribution in [0.5, 0.6) is 0 Å². The number of allylic oxidation sites excluding steroid dienone is 1. The summed E-state index contributed by atoms with van der Waals surface area (Å²) in [6.07, 6.45) is 10.7. The fourth-order valence-corrected chi connectivity index (χ4v) is 2.64. The number of carboxylic acids is 1. The predicted molar refractivity (Wildman–Crippen MR) is 74.6 cm³/mol. The molecule has 0 radical (unpaired) electrons.